The lowest BCUT2D eigenvalue weighted by Gasteiger charge is -2.31. The van der Waals surface area contributed by atoms with Gasteiger partial charge in [0.25, 0.3) is 5.91 Å². The summed E-state index contributed by atoms with van der Waals surface area (Å²) in [6, 6.07) is -0.215. The molecule has 2 aromatic heterocycles. The van der Waals surface area contributed by atoms with Crippen molar-refractivity contribution in [2.24, 2.45) is 0 Å². The average Bonchev–Trinajstić information content (AvgIpc) is 3.15. The van der Waals surface area contributed by atoms with E-state index >= 15 is 0 Å². The van der Waals surface area contributed by atoms with Crippen LogP contribution < -0.4 is 10.6 Å². The first kappa shape index (κ1) is 17.7. The third-order valence-corrected chi connectivity index (χ3v) is 4.42. The molecule has 0 spiro atoms. The third kappa shape index (κ3) is 4.94. The average molecular weight is 363 g/mol. The Labute approximate surface area is 150 Å². The van der Waals surface area contributed by atoms with E-state index in [-0.39, 0.29) is 18.1 Å². The van der Waals surface area contributed by atoms with Crippen LogP contribution in [0.5, 0.6) is 0 Å². The number of amides is 1. The van der Waals surface area contributed by atoms with Crippen LogP contribution in [0.3, 0.4) is 0 Å². The van der Waals surface area contributed by atoms with Gasteiger partial charge in [-0.3, -0.25) is 4.79 Å². The van der Waals surface area contributed by atoms with Gasteiger partial charge >= 0.3 is 0 Å². The van der Waals surface area contributed by atoms with Gasteiger partial charge in [-0.25, -0.2) is 15.0 Å². The lowest BCUT2D eigenvalue weighted by molar-refractivity contribution is -0.0611. The number of hydrogen-bond donors (Lipinski definition) is 2. The topological polar surface area (TPSA) is 98.3 Å². The van der Waals surface area contributed by atoms with Crippen molar-refractivity contribution in [3.8, 4) is 0 Å². The predicted octanol–water partition coefficient (Wildman–Crippen LogP) is 1.47. The Morgan fingerprint density at radius 1 is 1.40 bits per heavy atom. The predicted molar refractivity (Wildman–Crippen MR) is 93.6 cm³/mol. The van der Waals surface area contributed by atoms with Gasteiger partial charge in [0.2, 0.25) is 5.95 Å². The van der Waals surface area contributed by atoms with E-state index in [0.29, 0.717) is 31.3 Å². The van der Waals surface area contributed by atoms with E-state index < -0.39 is 0 Å². The van der Waals surface area contributed by atoms with Gasteiger partial charge in [-0.1, -0.05) is 0 Å². The minimum Gasteiger partial charge on any atom is -0.379 e. The van der Waals surface area contributed by atoms with E-state index in [9.17, 15) is 4.79 Å². The Kier molecular flexibility index (Phi) is 6.26. The van der Waals surface area contributed by atoms with Gasteiger partial charge in [-0.15, -0.1) is 11.3 Å². The highest BCUT2D eigenvalue weighted by Gasteiger charge is 2.28. The van der Waals surface area contributed by atoms with Crippen molar-refractivity contribution < 1.29 is 14.3 Å². The molecule has 0 unspecified atom stereocenters. The number of nitrogens with one attached hydrogen (secondary N) is 2. The first-order valence-corrected chi connectivity index (χ1v) is 9.13. The van der Waals surface area contributed by atoms with Crippen LogP contribution in [-0.2, 0) is 16.1 Å². The molecule has 134 valence electrons. The van der Waals surface area contributed by atoms with Crippen LogP contribution in [0, 0.1) is 0 Å². The molecule has 1 saturated heterocycles. The molecule has 2 atom stereocenters. The lowest BCUT2D eigenvalue weighted by atomic mass is 10.1. The SMILES string of the molecule is CCNc1ncc(C(=O)N[C@@H]2COCC[C@@H]2OCc2cscn2)cn1. The first-order chi connectivity index (χ1) is 12.3. The zero-order chi connectivity index (χ0) is 17.5. The zero-order valence-electron chi connectivity index (χ0n) is 14.0. The van der Waals surface area contributed by atoms with Crippen molar-refractivity contribution >= 4 is 23.2 Å². The van der Waals surface area contributed by atoms with Crippen LogP contribution >= 0.6 is 11.3 Å². The number of anilines is 1. The van der Waals surface area contributed by atoms with Gasteiger partial charge in [0.15, 0.2) is 0 Å². The first-order valence-electron chi connectivity index (χ1n) is 8.19. The molecule has 0 saturated carbocycles. The highest BCUT2D eigenvalue weighted by Crippen LogP contribution is 2.15. The van der Waals surface area contributed by atoms with Crippen LogP contribution in [0.2, 0.25) is 0 Å². The summed E-state index contributed by atoms with van der Waals surface area (Å²) >= 11 is 1.53. The van der Waals surface area contributed by atoms with Crippen LogP contribution in [0.1, 0.15) is 29.4 Å². The van der Waals surface area contributed by atoms with E-state index in [1.165, 1.54) is 23.7 Å². The molecule has 1 fully saturated rings. The highest BCUT2D eigenvalue weighted by molar-refractivity contribution is 7.07. The summed E-state index contributed by atoms with van der Waals surface area (Å²) in [4.78, 5) is 24.9. The van der Waals surface area contributed by atoms with Crippen molar-refractivity contribution in [1.29, 1.82) is 0 Å². The molecule has 9 heteroatoms. The summed E-state index contributed by atoms with van der Waals surface area (Å²) in [7, 11) is 0. The fourth-order valence-corrected chi connectivity index (χ4v) is 3.04. The van der Waals surface area contributed by atoms with Crippen molar-refractivity contribution in [3.63, 3.8) is 0 Å². The summed E-state index contributed by atoms with van der Waals surface area (Å²) in [6.45, 7) is 4.15. The molecular formula is C16H21N5O3S. The Morgan fingerprint density at radius 2 is 2.24 bits per heavy atom. The Bertz CT molecular complexity index is 665. The second-order valence-electron chi connectivity index (χ2n) is 5.60. The standard InChI is InChI=1S/C16H21N5O3S/c1-2-17-16-18-5-11(6-19-16)15(22)21-13-8-23-4-3-14(13)24-7-12-9-25-10-20-12/h5-6,9-10,13-14H,2-4,7-8H2,1H3,(H,21,22)(H,17,18,19)/t13-,14+/m1/s1. The van der Waals surface area contributed by atoms with E-state index in [1.54, 1.807) is 5.51 Å². The van der Waals surface area contributed by atoms with Gasteiger partial charge in [0.1, 0.15) is 0 Å². The van der Waals surface area contributed by atoms with Gasteiger partial charge in [0, 0.05) is 30.9 Å². The molecule has 3 rings (SSSR count). The fraction of sp³-hybridized carbons (Fsp3) is 0.500. The Balaban J connectivity index is 1.57. The molecule has 0 aliphatic carbocycles. The van der Waals surface area contributed by atoms with Crippen molar-refractivity contribution in [3.05, 3.63) is 34.5 Å². The maximum Gasteiger partial charge on any atom is 0.254 e. The molecule has 1 aliphatic heterocycles. The molecule has 0 aromatic carbocycles. The molecular weight excluding hydrogens is 342 g/mol. The highest BCUT2D eigenvalue weighted by atomic mass is 32.1. The monoisotopic (exact) mass is 363 g/mol. The molecule has 1 amide bonds. The normalized spacial score (nSPS) is 20.2. The molecule has 25 heavy (non-hydrogen) atoms. The van der Waals surface area contributed by atoms with E-state index in [0.717, 1.165) is 18.7 Å². The van der Waals surface area contributed by atoms with Crippen molar-refractivity contribution in [1.82, 2.24) is 20.3 Å². The molecule has 2 N–H and O–H groups in total. The summed E-state index contributed by atoms with van der Waals surface area (Å²) in [5, 5.41) is 7.91. The molecule has 0 radical (unpaired) electrons. The molecule has 1 aliphatic rings. The maximum atomic E-state index is 12.4. The summed E-state index contributed by atoms with van der Waals surface area (Å²) in [6.07, 6.45) is 3.64. The van der Waals surface area contributed by atoms with E-state index in [1.807, 2.05) is 12.3 Å². The number of carbonyl (C=O) groups excluding carboxylic acids is 1. The van der Waals surface area contributed by atoms with Gasteiger partial charge in [-0.05, 0) is 13.3 Å². The lowest BCUT2D eigenvalue weighted by Crippen LogP contribution is -2.50. The number of ether oxygens (including phenoxy) is 2. The smallest absolute Gasteiger partial charge is 0.254 e. The van der Waals surface area contributed by atoms with Crippen LogP contribution in [0.4, 0.5) is 5.95 Å². The van der Waals surface area contributed by atoms with Crippen molar-refractivity contribution in [2.75, 3.05) is 25.1 Å². The van der Waals surface area contributed by atoms with E-state index in [4.69, 9.17) is 9.47 Å². The number of aromatic nitrogens is 3. The number of nitrogens with zero attached hydrogens (tertiary/aromatic N) is 3. The largest absolute Gasteiger partial charge is 0.379 e. The molecule has 8 nitrogen and oxygen atoms in total. The fourth-order valence-electron chi connectivity index (χ4n) is 2.50. The molecule has 2 aromatic rings. The summed E-state index contributed by atoms with van der Waals surface area (Å²) < 4.78 is 11.4. The number of thiazole rings is 1. The minimum atomic E-state index is -0.235. The minimum absolute atomic E-state index is 0.110. The maximum absolute atomic E-state index is 12.4. The quantitative estimate of drug-likeness (QED) is 0.768. The second kappa shape index (κ2) is 8.84. The summed E-state index contributed by atoms with van der Waals surface area (Å²) in [5.74, 6) is 0.269. The zero-order valence-corrected chi connectivity index (χ0v) is 14.8. The van der Waals surface area contributed by atoms with Crippen molar-refractivity contribution in [2.45, 2.75) is 32.1 Å². The van der Waals surface area contributed by atoms with Gasteiger partial charge in [0.05, 0.1) is 42.1 Å². The Hall–Kier alpha value is -2.10. The second-order valence-corrected chi connectivity index (χ2v) is 6.32. The molecule has 3 heterocycles. The number of rotatable bonds is 7. The van der Waals surface area contributed by atoms with Crippen LogP contribution in [0.15, 0.2) is 23.3 Å². The van der Waals surface area contributed by atoms with Crippen LogP contribution in [-0.4, -0.2) is 52.8 Å². The van der Waals surface area contributed by atoms with Gasteiger partial charge in [-0.2, -0.15) is 0 Å². The van der Waals surface area contributed by atoms with Gasteiger partial charge < -0.3 is 20.1 Å². The van der Waals surface area contributed by atoms with Crippen LogP contribution in [0.25, 0.3) is 0 Å². The molecule has 0 bridgehead atoms. The number of hydrogen-bond acceptors (Lipinski definition) is 8. The summed E-state index contributed by atoms with van der Waals surface area (Å²) in [5.41, 5.74) is 3.08. The Morgan fingerprint density at radius 3 is 2.96 bits per heavy atom. The third-order valence-electron chi connectivity index (χ3n) is 3.79. The number of carbonyl (C=O) groups is 1. The van der Waals surface area contributed by atoms with E-state index in [2.05, 4.69) is 25.6 Å².